The molecule has 104 valence electrons. The van der Waals surface area contributed by atoms with Crippen LogP contribution in [0.25, 0.3) is 0 Å². The van der Waals surface area contributed by atoms with Gasteiger partial charge in [0.25, 0.3) is 0 Å². The first-order chi connectivity index (χ1) is 9.29. The van der Waals surface area contributed by atoms with Crippen LogP contribution < -0.4 is 10.6 Å². The van der Waals surface area contributed by atoms with Gasteiger partial charge in [0.1, 0.15) is 0 Å². The fraction of sp³-hybridized carbons (Fsp3) is 0.600. The van der Waals surface area contributed by atoms with E-state index in [4.69, 9.17) is 22.1 Å². The molecule has 0 bridgehead atoms. The SMILES string of the molecule is NCc1ccc(N2CCOC3CCCCC32)cc1Cl. The van der Waals surface area contributed by atoms with E-state index in [0.717, 1.165) is 23.7 Å². The predicted molar refractivity (Wildman–Crippen MR) is 78.7 cm³/mol. The number of benzene rings is 1. The van der Waals surface area contributed by atoms with Gasteiger partial charge in [-0.05, 0) is 30.5 Å². The molecule has 1 aliphatic heterocycles. The molecule has 0 spiro atoms. The summed E-state index contributed by atoms with van der Waals surface area (Å²) in [7, 11) is 0. The zero-order valence-corrected chi connectivity index (χ0v) is 11.9. The van der Waals surface area contributed by atoms with Crippen LogP contribution >= 0.6 is 11.6 Å². The number of hydrogen-bond acceptors (Lipinski definition) is 3. The summed E-state index contributed by atoms with van der Waals surface area (Å²) >= 11 is 6.29. The van der Waals surface area contributed by atoms with E-state index in [1.807, 2.05) is 6.07 Å². The van der Waals surface area contributed by atoms with Crippen LogP contribution in [0.5, 0.6) is 0 Å². The number of hydrogen-bond donors (Lipinski definition) is 1. The zero-order chi connectivity index (χ0) is 13.2. The Bertz CT molecular complexity index is 450. The largest absolute Gasteiger partial charge is 0.374 e. The van der Waals surface area contributed by atoms with Crippen molar-refractivity contribution in [3.8, 4) is 0 Å². The monoisotopic (exact) mass is 280 g/mol. The molecule has 4 heteroatoms. The maximum Gasteiger partial charge on any atom is 0.0779 e. The molecule has 2 aliphatic rings. The van der Waals surface area contributed by atoms with Crippen LogP contribution in [0.4, 0.5) is 5.69 Å². The van der Waals surface area contributed by atoms with Crippen molar-refractivity contribution in [2.24, 2.45) is 5.73 Å². The minimum atomic E-state index is 0.399. The van der Waals surface area contributed by atoms with Gasteiger partial charge in [0, 0.05) is 23.8 Å². The molecule has 1 heterocycles. The highest BCUT2D eigenvalue weighted by molar-refractivity contribution is 6.31. The summed E-state index contributed by atoms with van der Waals surface area (Å²) in [6, 6.07) is 6.76. The second-order valence-corrected chi connectivity index (χ2v) is 5.84. The van der Waals surface area contributed by atoms with E-state index in [-0.39, 0.29) is 0 Å². The number of morpholine rings is 1. The van der Waals surface area contributed by atoms with E-state index in [2.05, 4.69) is 17.0 Å². The predicted octanol–water partition coefficient (Wildman–Crippen LogP) is 2.95. The summed E-state index contributed by atoms with van der Waals surface area (Å²) < 4.78 is 5.91. The van der Waals surface area contributed by atoms with E-state index in [0.29, 0.717) is 18.7 Å². The van der Waals surface area contributed by atoms with Gasteiger partial charge in [-0.1, -0.05) is 30.5 Å². The third kappa shape index (κ3) is 2.60. The molecule has 2 unspecified atom stereocenters. The zero-order valence-electron chi connectivity index (χ0n) is 11.1. The van der Waals surface area contributed by atoms with Gasteiger partial charge in [-0.15, -0.1) is 0 Å². The van der Waals surface area contributed by atoms with Crippen LogP contribution in [0.2, 0.25) is 5.02 Å². The van der Waals surface area contributed by atoms with Crippen LogP contribution in [-0.2, 0) is 11.3 Å². The third-order valence-corrected chi connectivity index (χ3v) is 4.67. The lowest BCUT2D eigenvalue weighted by atomic mass is 9.89. The van der Waals surface area contributed by atoms with Gasteiger partial charge >= 0.3 is 0 Å². The second kappa shape index (κ2) is 5.70. The Morgan fingerprint density at radius 3 is 2.95 bits per heavy atom. The molecule has 0 amide bonds. The van der Waals surface area contributed by atoms with Crippen molar-refractivity contribution in [1.82, 2.24) is 0 Å². The summed E-state index contributed by atoms with van der Waals surface area (Å²) in [6.45, 7) is 2.27. The van der Waals surface area contributed by atoms with Crippen molar-refractivity contribution in [1.29, 1.82) is 0 Å². The Morgan fingerprint density at radius 2 is 2.16 bits per heavy atom. The second-order valence-electron chi connectivity index (χ2n) is 5.43. The molecule has 19 heavy (non-hydrogen) atoms. The van der Waals surface area contributed by atoms with Crippen LogP contribution in [-0.4, -0.2) is 25.3 Å². The van der Waals surface area contributed by atoms with Gasteiger partial charge in [-0.3, -0.25) is 0 Å². The molecule has 1 aromatic carbocycles. The molecule has 0 radical (unpaired) electrons. The standard InChI is InChI=1S/C15H21ClN2O/c16-13-9-12(6-5-11(13)10-17)18-7-8-19-15-4-2-1-3-14(15)18/h5-6,9,14-15H,1-4,7-8,10,17H2. The van der Waals surface area contributed by atoms with Crippen LogP contribution in [0.15, 0.2) is 18.2 Å². The quantitative estimate of drug-likeness (QED) is 0.905. The highest BCUT2D eigenvalue weighted by Crippen LogP contribution is 2.33. The van der Waals surface area contributed by atoms with E-state index < -0.39 is 0 Å². The maximum atomic E-state index is 6.29. The molecule has 2 N–H and O–H groups in total. The van der Waals surface area contributed by atoms with Crippen LogP contribution in [0, 0.1) is 0 Å². The number of ether oxygens (including phenoxy) is 1. The first-order valence-electron chi connectivity index (χ1n) is 7.16. The molecular weight excluding hydrogens is 260 g/mol. The van der Waals surface area contributed by atoms with E-state index in [1.54, 1.807) is 0 Å². The Kier molecular flexibility index (Phi) is 3.96. The average Bonchev–Trinajstić information content (AvgIpc) is 2.46. The Labute approximate surface area is 119 Å². The molecule has 2 fully saturated rings. The minimum Gasteiger partial charge on any atom is -0.374 e. The molecule has 0 aromatic heterocycles. The van der Waals surface area contributed by atoms with Crippen molar-refractivity contribution in [3.63, 3.8) is 0 Å². The number of fused-ring (bicyclic) bond motifs is 1. The van der Waals surface area contributed by atoms with Gasteiger partial charge in [-0.2, -0.15) is 0 Å². The van der Waals surface area contributed by atoms with Gasteiger partial charge in [0.05, 0.1) is 18.8 Å². The lowest BCUT2D eigenvalue weighted by molar-refractivity contribution is -0.00867. The van der Waals surface area contributed by atoms with Crippen LogP contribution in [0.1, 0.15) is 31.2 Å². The lowest BCUT2D eigenvalue weighted by Gasteiger charge is -2.45. The molecule has 1 aromatic rings. The lowest BCUT2D eigenvalue weighted by Crippen LogP contribution is -2.52. The van der Waals surface area contributed by atoms with Gasteiger partial charge in [0.2, 0.25) is 0 Å². The van der Waals surface area contributed by atoms with Crippen molar-refractivity contribution >= 4 is 17.3 Å². The highest BCUT2D eigenvalue weighted by Gasteiger charge is 2.34. The minimum absolute atomic E-state index is 0.399. The first kappa shape index (κ1) is 13.2. The number of halogens is 1. The van der Waals surface area contributed by atoms with Gasteiger partial charge in [-0.25, -0.2) is 0 Å². The van der Waals surface area contributed by atoms with Crippen molar-refractivity contribution < 1.29 is 4.74 Å². The smallest absolute Gasteiger partial charge is 0.0779 e. The number of nitrogens with two attached hydrogens (primary N) is 1. The summed E-state index contributed by atoms with van der Waals surface area (Å²) in [6.07, 6.45) is 5.41. The average molecular weight is 281 g/mol. The molecule has 1 saturated heterocycles. The van der Waals surface area contributed by atoms with Gasteiger partial charge < -0.3 is 15.4 Å². The van der Waals surface area contributed by atoms with Crippen molar-refractivity contribution in [2.75, 3.05) is 18.1 Å². The normalized spacial score (nSPS) is 27.2. The molecule has 1 aliphatic carbocycles. The Balaban J connectivity index is 1.85. The van der Waals surface area contributed by atoms with Crippen molar-refractivity contribution in [2.45, 2.75) is 44.4 Å². The molecule has 3 nitrogen and oxygen atoms in total. The molecule has 3 rings (SSSR count). The Morgan fingerprint density at radius 1 is 1.32 bits per heavy atom. The number of nitrogens with zero attached hydrogens (tertiary/aromatic N) is 1. The van der Waals surface area contributed by atoms with E-state index in [9.17, 15) is 0 Å². The van der Waals surface area contributed by atoms with E-state index in [1.165, 1.54) is 31.4 Å². The summed E-state index contributed by atoms with van der Waals surface area (Å²) in [4.78, 5) is 2.47. The molecular formula is C15H21ClN2O. The summed E-state index contributed by atoms with van der Waals surface area (Å²) in [5.41, 5.74) is 7.89. The maximum absolute atomic E-state index is 6.29. The molecule has 2 atom stereocenters. The summed E-state index contributed by atoms with van der Waals surface area (Å²) in [5.74, 6) is 0. The van der Waals surface area contributed by atoms with Crippen molar-refractivity contribution in [3.05, 3.63) is 28.8 Å². The Hall–Kier alpha value is -0.770. The van der Waals surface area contributed by atoms with Crippen LogP contribution in [0.3, 0.4) is 0 Å². The number of rotatable bonds is 2. The topological polar surface area (TPSA) is 38.5 Å². The fourth-order valence-electron chi connectivity index (χ4n) is 3.30. The summed E-state index contributed by atoms with van der Waals surface area (Å²) in [5, 5.41) is 0.777. The fourth-order valence-corrected chi connectivity index (χ4v) is 3.55. The highest BCUT2D eigenvalue weighted by atomic mass is 35.5. The first-order valence-corrected chi connectivity index (χ1v) is 7.54. The molecule has 1 saturated carbocycles. The van der Waals surface area contributed by atoms with Gasteiger partial charge in [0.15, 0.2) is 0 Å². The van der Waals surface area contributed by atoms with E-state index >= 15 is 0 Å². The third-order valence-electron chi connectivity index (χ3n) is 4.32. The number of anilines is 1.